The highest BCUT2D eigenvalue weighted by Crippen LogP contribution is 2.48. The number of ketones is 1. The Kier molecular flexibility index (Phi) is 5.11. The SMILES string of the molecule is C/C1=C\[C@H](O)C/C(C)=C/C[C@@]2(C)C(=O)C=C(C(C)C)[C@@H]2CC1. The van der Waals surface area contributed by atoms with Gasteiger partial charge in [-0.3, -0.25) is 4.79 Å². The molecule has 0 radical (unpaired) electrons. The highest BCUT2D eigenvalue weighted by molar-refractivity contribution is 5.98. The molecule has 3 atom stereocenters. The van der Waals surface area contributed by atoms with E-state index in [-0.39, 0.29) is 11.2 Å². The predicted molar refractivity (Wildman–Crippen MR) is 91.5 cm³/mol. The van der Waals surface area contributed by atoms with Crippen molar-refractivity contribution in [3.8, 4) is 0 Å². The van der Waals surface area contributed by atoms with Gasteiger partial charge in [0.1, 0.15) is 0 Å². The van der Waals surface area contributed by atoms with Crippen molar-refractivity contribution in [3.63, 3.8) is 0 Å². The van der Waals surface area contributed by atoms with Crippen LogP contribution >= 0.6 is 0 Å². The molecule has 2 nitrogen and oxygen atoms in total. The molecule has 0 aliphatic heterocycles. The molecule has 2 aliphatic carbocycles. The fraction of sp³-hybridized carbons (Fsp3) is 0.650. The van der Waals surface area contributed by atoms with E-state index in [1.807, 2.05) is 12.2 Å². The summed E-state index contributed by atoms with van der Waals surface area (Å²) in [5.41, 5.74) is 3.40. The van der Waals surface area contributed by atoms with Gasteiger partial charge in [-0.25, -0.2) is 0 Å². The maximum atomic E-state index is 12.7. The zero-order chi connectivity index (χ0) is 16.5. The number of rotatable bonds is 1. The van der Waals surface area contributed by atoms with Crippen molar-refractivity contribution in [3.05, 3.63) is 34.9 Å². The summed E-state index contributed by atoms with van der Waals surface area (Å²) in [6.45, 7) is 10.6. The Morgan fingerprint density at radius 2 is 1.95 bits per heavy atom. The second-order valence-electron chi connectivity index (χ2n) is 7.71. The van der Waals surface area contributed by atoms with E-state index >= 15 is 0 Å². The molecule has 0 aromatic rings. The van der Waals surface area contributed by atoms with E-state index in [2.05, 4.69) is 40.7 Å². The smallest absolute Gasteiger partial charge is 0.162 e. The largest absolute Gasteiger partial charge is 0.389 e. The van der Waals surface area contributed by atoms with Gasteiger partial charge in [0.15, 0.2) is 5.78 Å². The van der Waals surface area contributed by atoms with Gasteiger partial charge >= 0.3 is 0 Å². The summed E-state index contributed by atoms with van der Waals surface area (Å²) in [6.07, 6.45) is 9.05. The summed E-state index contributed by atoms with van der Waals surface area (Å²) in [5.74, 6) is 1.02. The lowest BCUT2D eigenvalue weighted by molar-refractivity contribution is -0.123. The molecule has 1 N–H and O–H groups in total. The third-order valence-electron chi connectivity index (χ3n) is 5.41. The van der Waals surface area contributed by atoms with Crippen LogP contribution in [-0.2, 0) is 4.79 Å². The number of allylic oxidation sites excluding steroid dienone is 4. The zero-order valence-electron chi connectivity index (χ0n) is 14.6. The van der Waals surface area contributed by atoms with Crippen LogP contribution in [0.15, 0.2) is 34.9 Å². The molecular weight excluding hydrogens is 272 g/mol. The molecule has 0 heterocycles. The summed E-state index contributed by atoms with van der Waals surface area (Å²) < 4.78 is 0. The Morgan fingerprint density at radius 1 is 1.27 bits per heavy atom. The van der Waals surface area contributed by atoms with Gasteiger partial charge in [-0.15, -0.1) is 0 Å². The zero-order valence-corrected chi connectivity index (χ0v) is 14.6. The summed E-state index contributed by atoms with van der Waals surface area (Å²) in [5, 5.41) is 10.1. The maximum absolute atomic E-state index is 12.7. The van der Waals surface area contributed by atoms with Crippen molar-refractivity contribution in [1.82, 2.24) is 0 Å². The molecule has 122 valence electrons. The first-order valence-electron chi connectivity index (χ1n) is 8.51. The van der Waals surface area contributed by atoms with Gasteiger partial charge in [0, 0.05) is 5.41 Å². The summed E-state index contributed by atoms with van der Waals surface area (Å²) >= 11 is 0. The molecular formula is C20H30O2. The van der Waals surface area contributed by atoms with Crippen LogP contribution in [0.4, 0.5) is 0 Å². The molecule has 0 saturated heterocycles. The molecule has 0 unspecified atom stereocenters. The van der Waals surface area contributed by atoms with Crippen LogP contribution in [0.1, 0.15) is 60.3 Å². The number of aliphatic hydroxyl groups is 1. The highest BCUT2D eigenvalue weighted by atomic mass is 16.3. The first kappa shape index (κ1) is 17.2. The number of aliphatic hydroxyl groups excluding tert-OH is 1. The number of fused-ring (bicyclic) bond motifs is 1. The Morgan fingerprint density at radius 3 is 2.59 bits per heavy atom. The Bertz CT molecular complexity index is 536. The standard InChI is InChI=1S/C20H30O2/c1-13(2)17-12-19(22)20(5)9-8-15(4)11-16(21)10-14(3)6-7-18(17)20/h8,10,12-13,16,18,21H,6-7,9,11H2,1-5H3/b14-10+,15-8+/t16-,18-,20+/m0/s1. The lowest BCUT2D eigenvalue weighted by Gasteiger charge is -2.33. The molecule has 0 fully saturated rings. The van der Waals surface area contributed by atoms with E-state index < -0.39 is 6.10 Å². The Balaban J connectivity index is 2.39. The van der Waals surface area contributed by atoms with Gasteiger partial charge < -0.3 is 5.11 Å². The molecule has 0 aromatic heterocycles. The minimum absolute atomic E-state index is 0.284. The monoisotopic (exact) mass is 302 g/mol. The molecule has 22 heavy (non-hydrogen) atoms. The van der Waals surface area contributed by atoms with Crippen molar-refractivity contribution in [1.29, 1.82) is 0 Å². The van der Waals surface area contributed by atoms with Crippen molar-refractivity contribution in [2.45, 2.75) is 66.4 Å². The normalized spacial score (nSPS) is 38.5. The fourth-order valence-corrected chi connectivity index (χ4v) is 3.90. The van der Waals surface area contributed by atoms with E-state index in [1.165, 1.54) is 16.7 Å². The van der Waals surface area contributed by atoms with E-state index in [9.17, 15) is 9.90 Å². The van der Waals surface area contributed by atoms with Crippen LogP contribution in [0.5, 0.6) is 0 Å². The van der Waals surface area contributed by atoms with E-state index in [0.29, 0.717) is 18.3 Å². The fourth-order valence-electron chi connectivity index (χ4n) is 3.90. The third-order valence-corrected chi connectivity index (χ3v) is 5.41. The second kappa shape index (κ2) is 6.54. The van der Waals surface area contributed by atoms with E-state index in [1.54, 1.807) is 0 Å². The summed E-state index contributed by atoms with van der Waals surface area (Å²) in [6, 6.07) is 0. The van der Waals surface area contributed by atoms with Crippen molar-refractivity contribution >= 4 is 5.78 Å². The van der Waals surface area contributed by atoms with Crippen LogP contribution in [0.2, 0.25) is 0 Å². The van der Waals surface area contributed by atoms with Crippen molar-refractivity contribution in [2.75, 3.05) is 0 Å². The number of hydrogen-bond acceptors (Lipinski definition) is 2. The maximum Gasteiger partial charge on any atom is 0.162 e. The van der Waals surface area contributed by atoms with Crippen LogP contribution in [0.25, 0.3) is 0 Å². The quantitative estimate of drug-likeness (QED) is 0.719. The number of carbonyl (C=O) groups is 1. The van der Waals surface area contributed by atoms with Gasteiger partial charge in [0.05, 0.1) is 6.10 Å². The minimum Gasteiger partial charge on any atom is -0.389 e. The molecule has 2 aliphatic rings. The predicted octanol–water partition coefficient (Wildman–Crippen LogP) is 4.60. The van der Waals surface area contributed by atoms with Gasteiger partial charge in [0.2, 0.25) is 0 Å². The Hall–Kier alpha value is -1.15. The van der Waals surface area contributed by atoms with Crippen LogP contribution < -0.4 is 0 Å². The van der Waals surface area contributed by atoms with Crippen LogP contribution in [0.3, 0.4) is 0 Å². The van der Waals surface area contributed by atoms with Crippen LogP contribution in [-0.4, -0.2) is 17.0 Å². The lowest BCUT2D eigenvalue weighted by atomic mass is 9.69. The third kappa shape index (κ3) is 3.43. The van der Waals surface area contributed by atoms with Crippen molar-refractivity contribution < 1.29 is 9.90 Å². The molecule has 2 rings (SSSR count). The van der Waals surface area contributed by atoms with Gasteiger partial charge in [-0.1, -0.05) is 49.6 Å². The van der Waals surface area contributed by atoms with E-state index in [4.69, 9.17) is 0 Å². The summed E-state index contributed by atoms with van der Waals surface area (Å²) in [4.78, 5) is 12.7. The van der Waals surface area contributed by atoms with Crippen molar-refractivity contribution in [2.24, 2.45) is 17.3 Å². The van der Waals surface area contributed by atoms with E-state index in [0.717, 1.165) is 19.3 Å². The molecule has 0 amide bonds. The van der Waals surface area contributed by atoms with Crippen LogP contribution in [0, 0.1) is 17.3 Å². The molecule has 0 bridgehead atoms. The molecule has 0 spiro atoms. The first-order valence-corrected chi connectivity index (χ1v) is 8.51. The molecule has 0 aromatic carbocycles. The van der Waals surface area contributed by atoms with Gasteiger partial charge in [0.25, 0.3) is 0 Å². The molecule has 0 saturated carbocycles. The minimum atomic E-state index is -0.405. The summed E-state index contributed by atoms with van der Waals surface area (Å²) in [7, 11) is 0. The second-order valence-corrected chi connectivity index (χ2v) is 7.71. The number of hydrogen-bond donors (Lipinski definition) is 1. The average Bonchev–Trinajstić information content (AvgIpc) is 2.65. The van der Waals surface area contributed by atoms with Gasteiger partial charge in [-0.05, 0) is 57.4 Å². The Labute approximate surface area is 135 Å². The topological polar surface area (TPSA) is 37.3 Å². The first-order chi connectivity index (χ1) is 10.2. The lowest BCUT2D eigenvalue weighted by Crippen LogP contribution is -2.31. The number of carbonyl (C=O) groups excluding carboxylic acids is 1. The van der Waals surface area contributed by atoms with Gasteiger partial charge in [-0.2, -0.15) is 0 Å². The average molecular weight is 302 g/mol. The highest BCUT2D eigenvalue weighted by Gasteiger charge is 2.46. The molecule has 2 heteroatoms.